The lowest BCUT2D eigenvalue weighted by Gasteiger charge is -2.10. The number of ether oxygens (including phenoxy) is 1. The highest BCUT2D eigenvalue weighted by Gasteiger charge is 2.14. The smallest absolute Gasteiger partial charge is 0.397 e. The highest BCUT2D eigenvalue weighted by molar-refractivity contribution is 7.80. The maximum absolute atomic E-state index is 11.3. The summed E-state index contributed by atoms with van der Waals surface area (Å²) in [6, 6.07) is 0. The zero-order valence-corrected chi connectivity index (χ0v) is 12.4. The first-order valence-electron chi connectivity index (χ1n) is 6.66. The summed E-state index contributed by atoms with van der Waals surface area (Å²) in [5.74, 6) is -0.374. The Labute approximate surface area is 115 Å². The molecular weight excluding hydrogens is 272 g/mol. The summed E-state index contributed by atoms with van der Waals surface area (Å²) in [6.07, 6.45) is 5.91. The Kier molecular flexibility index (Phi) is 9.81. The molecule has 19 heavy (non-hydrogen) atoms. The van der Waals surface area contributed by atoms with E-state index in [0.29, 0.717) is 6.42 Å². The van der Waals surface area contributed by atoms with Crippen LogP contribution >= 0.6 is 0 Å². The van der Waals surface area contributed by atoms with E-state index in [1.807, 2.05) is 0 Å². The van der Waals surface area contributed by atoms with E-state index in [4.69, 9.17) is 9.29 Å². The fraction of sp³-hybridized carbons (Fsp3) is 0.917. The molecule has 0 aromatic heterocycles. The summed E-state index contributed by atoms with van der Waals surface area (Å²) >= 11 is 0. The standard InChI is InChI=1S/C12H24O6S/c1-3-4-5-6-7-8-9-12(13)17-10-11(2)18-19(14,15)16/h11H,3-10H2,1-2H3,(H,14,15,16). The minimum atomic E-state index is -4.49. The fourth-order valence-electron chi connectivity index (χ4n) is 1.57. The van der Waals surface area contributed by atoms with E-state index in [2.05, 4.69) is 11.1 Å². The average molecular weight is 296 g/mol. The van der Waals surface area contributed by atoms with Crippen molar-refractivity contribution < 1.29 is 26.7 Å². The van der Waals surface area contributed by atoms with E-state index in [-0.39, 0.29) is 12.6 Å². The van der Waals surface area contributed by atoms with Gasteiger partial charge in [0.25, 0.3) is 0 Å². The molecule has 0 aliphatic heterocycles. The molecule has 1 atom stereocenters. The van der Waals surface area contributed by atoms with E-state index in [1.165, 1.54) is 26.2 Å². The van der Waals surface area contributed by atoms with E-state index in [0.717, 1.165) is 19.3 Å². The Morgan fingerprint density at radius 2 is 1.74 bits per heavy atom. The number of carbonyl (C=O) groups is 1. The monoisotopic (exact) mass is 296 g/mol. The first-order valence-corrected chi connectivity index (χ1v) is 8.03. The van der Waals surface area contributed by atoms with Gasteiger partial charge in [-0.2, -0.15) is 8.42 Å². The third-order valence-electron chi connectivity index (χ3n) is 2.50. The van der Waals surface area contributed by atoms with Crippen LogP contribution in [-0.4, -0.2) is 31.7 Å². The molecule has 7 heteroatoms. The van der Waals surface area contributed by atoms with Crippen LogP contribution in [0.1, 0.15) is 58.8 Å². The van der Waals surface area contributed by atoms with Gasteiger partial charge in [-0.05, 0) is 13.3 Å². The summed E-state index contributed by atoms with van der Waals surface area (Å²) in [5, 5.41) is 0. The second-order valence-corrected chi connectivity index (χ2v) is 5.58. The maximum Gasteiger partial charge on any atom is 0.397 e. The first-order chi connectivity index (χ1) is 8.85. The highest BCUT2D eigenvalue weighted by atomic mass is 32.3. The third-order valence-corrected chi connectivity index (χ3v) is 3.07. The predicted octanol–water partition coefficient (Wildman–Crippen LogP) is 2.49. The van der Waals surface area contributed by atoms with Crippen molar-refractivity contribution in [2.75, 3.05) is 6.61 Å². The van der Waals surface area contributed by atoms with Crippen molar-refractivity contribution in [1.29, 1.82) is 0 Å². The molecule has 6 nitrogen and oxygen atoms in total. The zero-order chi connectivity index (χ0) is 14.7. The lowest BCUT2D eigenvalue weighted by molar-refractivity contribution is -0.146. The summed E-state index contributed by atoms with van der Waals surface area (Å²) in [5.41, 5.74) is 0. The van der Waals surface area contributed by atoms with Crippen molar-refractivity contribution >= 4 is 16.4 Å². The van der Waals surface area contributed by atoms with Gasteiger partial charge in [-0.15, -0.1) is 0 Å². The van der Waals surface area contributed by atoms with Gasteiger partial charge in [0, 0.05) is 6.42 Å². The van der Waals surface area contributed by atoms with Crippen LogP contribution in [0.3, 0.4) is 0 Å². The summed E-state index contributed by atoms with van der Waals surface area (Å²) in [6.45, 7) is 3.35. The van der Waals surface area contributed by atoms with E-state index < -0.39 is 16.5 Å². The number of carbonyl (C=O) groups excluding carboxylic acids is 1. The molecule has 0 aliphatic rings. The first kappa shape index (κ1) is 18.3. The number of unbranched alkanes of at least 4 members (excludes halogenated alkanes) is 5. The van der Waals surface area contributed by atoms with Gasteiger partial charge in [0.2, 0.25) is 0 Å². The Hall–Kier alpha value is -0.660. The second kappa shape index (κ2) is 10.2. The SMILES string of the molecule is CCCCCCCCC(=O)OCC(C)OS(=O)(=O)O. The lowest BCUT2D eigenvalue weighted by atomic mass is 10.1. The molecule has 0 spiro atoms. The minimum absolute atomic E-state index is 0.186. The van der Waals surface area contributed by atoms with Crippen LogP contribution in [0.2, 0.25) is 0 Å². The quantitative estimate of drug-likeness (QED) is 0.358. The Morgan fingerprint density at radius 3 is 2.32 bits per heavy atom. The van der Waals surface area contributed by atoms with Crippen LogP contribution in [0, 0.1) is 0 Å². The van der Waals surface area contributed by atoms with Crippen molar-refractivity contribution in [1.82, 2.24) is 0 Å². The molecule has 0 fully saturated rings. The van der Waals surface area contributed by atoms with Crippen LogP contribution in [-0.2, 0) is 24.1 Å². The second-order valence-electron chi connectivity index (χ2n) is 4.54. The van der Waals surface area contributed by atoms with E-state index in [1.54, 1.807) is 0 Å². The van der Waals surface area contributed by atoms with Crippen LogP contribution in [0.5, 0.6) is 0 Å². The van der Waals surface area contributed by atoms with E-state index >= 15 is 0 Å². The van der Waals surface area contributed by atoms with Crippen LogP contribution in [0.15, 0.2) is 0 Å². The normalized spacial score (nSPS) is 13.2. The van der Waals surface area contributed by atoms with Crippen molar-refractivity contribution in [3.63, 3.8) is 0 Å². The molecule has 0 rings (SSSR count). The largest absolute Gasteiger partial charge is 0.463 e. The van der Waals surface area contributed by atoms with Gasteiger partial charge in [-0.25, -0.2) is 4.18 Å². The van der Waals surface area contributed by atoms with Gasteiger partial charge in [0.05, 0.1) is 0 Å². The van der Waals surface area contributed by atoms with Gasteiger partial charge in [0.15, 0.2) is 0 Å². The van der Waals surface area contributed by atoms with Crippen LogP contribution in [0.4, 0.5) is 0 Å². The van der Waals surface area contributed by atoms with Crippen molar-refractivity contribution in [2.24, 2.45) is 0 Å². The summed E-state index contributed by atoms with van der Waals surface area (Å²) < 4.78 is 38.2. The zero-order valence-electron chi connectivity index (χ0n) is 11.6. The molecular formula is C12H24O6S. The van der Waals surface area contributed by atoms with Gasteiger partial charge >= 0.3 is 16.4 Å². The van der Waals surface area contributed by atoms with Crippen molar-refractivity contribution in [3.05, 3.63) is 0 Å². The molecule has 0 radical (unpaired) electrons. The van der Waals surface area contributed by atoms with Crippen molar-refractivity contribution in [2.45, 2.75) is 64.9 Å². The van der Waals surface area contributed by atoms with Gasteiger partial charge in [-0.3, -0.25) is 9.35 Å². The molecule has 0 aliphatic carbocycles. The molecule has 0 amide bonds. The number of hydrogen-bond donors (Lipinski definition) is 1. The van der Waals surface area contributed by atoms with Crippen LogP contribution < -0.4 is 0 Å². The number of rotatable bonds is 11. The summed E-state index contributed by atoms with van der Waals surface area (Å²) in [7, 11) is -4.49. The van der Waals surface area contributed by atoms with Gasteiger partial charge < -0.3 is 4.74 Å². The predicted molar refractivity (Wildman–Crippen MR) is 71.0 cm³/mol. The minimum Gasteiger partial charge on any atom is -0.463 e. The number of hydrogen-bond acceptors (Lipinski definition) is 5. The Balaban J connectivity index is 3.54. The van der Waals surface area contributed by atoms with Crippen molar-refractivity contribution in [3.8, 4) is 0 Å². The van der Waals surface area contributed by atoms with Crippen LogP contribution in [0.25, 0.3) is 0 Å². The molecule has 1 N–H and O–H groups in total. The molecule has 0 aromatic carbocycles. The molecule has 0 saturated heterocycles. The number of esters is 1. The molecule has 114 valence electrons. The molecule has 0 saturated carbocycles. The molecule has 0 bridgehead atoms. The average Bonchev–Trinajstić information content (AvgIpc) is 2.29. The Bertz CT molecular complexity index is 338. The van der Waals surface area contributed by atoms with Gasteiger partial charge in [-0.1, -0.05) is 39.0 Å². The lowest BCUT2D eigenvalue weighted by Crippen LogP contribution is -2.22. The fourth-order valence-corrected chi connectivity index (χ4v) is 2.04. The maximum atomic E-state index is 11.3. The molecule has 1 unspecified atom stereocenters. The van der Waals surface area contributed by atoms with Gasteiger partial charge in [0.1, 0.15) is 12.7 Å². The Morgan fingerprint density at radius 1 is 1.16 bits per heavy atom. The van der Waals surface area contributed by atoms with E-state index in [9.17, 15) is 13.2 Å². The highest BCUT2D eigenvalue weighted by Crippen LogP contribution is 2.07. The molecule has 0 heterocycles. The summed E-state index contributed by atoms with van der Waals surface area (Å²) in [4.78, 5) is 11.3. The topological polar surface area (TPSA) is 89.9 Å². The third kappa shape index (κ3) is 13.6. The molecule has 0 aromatic rings.